The summed E-state index contributed by atoms with van der Waals surface area (Å²) < 4.78 is 13.3. The summed E-state index contributed by atoms with van der Waals surface area (Å²) in [7, 11) is 0. The number of halogens is 1. The standard InChI is InChI=1S/C28H34FN5O/c1-21(32-14-2-3-15-32)10-12-31-28(35)23-5-4-22-11-13-30-27(26(22)20-23)34-18-16-33(17-19-34)25-8-6-24(29)7-9-25/h4-9,11,13,20-21H,2-3,10,12,14-19H2,1H3,(H,31,35)/t21-/m0/s1. The lowest BCUT2D eigenvalue weighted by atomic mass is 10.1. The van der Waals surface area contributed by atoms with E-state index in [0.717, 1.165) is 54.9 Å². The molecule has 2 fully saturated rings. The van der Waals surface area contributed by atoms with Gasteiger partial charge in [-0.25, -0.2) is 9.37 Å². The van der Waals surface area contributed by atoms with Crippen molar-refractivity contribution in [3.8, 4) is 0 Å². The van der Waals surface area contributed by atoms with Crippen molar-refractivity contribution in [2.45, 2.75) is 32.2 Å². The summed E-state index contributed by atoms with van der Waals surface area (Å²) >= 11 is 0. The number of nitrogens with zero attached hydrogens (tertiary/aromatic N) is 4. The summed E-state index contributed by atoms with van der Waals surface area (Å²) in [6, 6.07) is 15.1. The minimum Gasteiger partial charge on any atom is -0.368 e. The number of carbonyl (C=O) groups excluding carboxylic acids is 1. The number of fused-ring (bicyclic) bond motifs is 1. The van der Waals surface area contributed by atoms with Crippen molar-refractivity contribution in [2.75, 3.05) is 55.6 Å². The first-order valence-electron chi connectivity index (χ1n) is 12.7. The van der Waals surface area contributed by atoms with Crippen LogP contribution in [0.5, 0.6) is 0 Å². The smallest absolute Gasteiger partial charge is 0.251 e. The third-order valence-electron chi connectivity index (χ3n) is 7.39. The van der Waals surface area contributed by atoms with E-state index < -0.39 is 0 Å². The Hall–Kier alpha value is -3.19. The predicted octanol–water partition coefficient (Wildman–Crippen LogP) is 4.30. The number of benzene rings is 2. The third kappa shape index (κ3) is 5.40. The molecule has 0 radical (unpaired) electrons. The Kier molecular flexibility index (Phi) is 7.13. The molecule has 2 aliphatic heterocycles. The fourth-order valence-corrected chi connectivity index (χ4v) is 5.24. The minimum absolute atomic E-state index is 0.0311. The number of pyridine rings is 1. The molecular weight excluding hydrogens is 441 g/mol. The predicted molar refractivity (Wildman–Crippen MR) is 140 cm³/mol. The zero-order valence-corrected chi connectivity index (χ0v) is 20.4. The van der Waals surface area contributed by atoms with Gasteiger partial charge in [0.2, 0.25) is 0 Å². The Balaban J connectivity index is 1.24. The van der Waals surface area contributed by atoms with Gasteiger partial charge < -0.3 is 20.0 Å². The summed E-state index contributed by atoms with van der Waals surface area (Å²) in [4.78, 5) is 24.7. The van der Waals surface area contributed by atoms with Crippen LogP contribution in [0.4, 0.5) is 15.9 Å². The van der Waals surface area contributed by atoms with Crippen LogP contribution in [0.2, 0.25) is 0 Å². The fourth-order valence-electron chi connectivity index (χ4n) is 5.24. The first kappa shape index (κ1) is 23.5. The van der Waals surface area contributed by atoms with E-state index in [9.17, 15) is 9.18 Å². The van der Waals surface area contributed by atoms with Crippen LogP contribution in [-0.4, -0.2) is 67.6 Å². The second-order valence-corrected chi connectivity index (χ2v) is 9.66. The SMILES string of the molecule is C[C@@H](CCNC(=O)c1ccc2ccnc(N3CCN(c4ccc(F)cc4)CC3)c2c1)N1CCCC1. The number of hydrogen-bond acceptors (Lipinski definition) is 5. The van der Waals surface area contributed by atoms with Crippen LogP contribution in [0.25, 0.3) is 10.8 Å². The molecule has 5 rings (SSSR count). The number of rotatable bonds is 7. The highest BCUT2D eigenvalue weighted by Crippen LogP contribution is 2.27. The van der Waals surface area contributed by atoms with Crippen LogP contribution in [-0.2, 0) is 0 Å². The van der Waals surface area contributed by atoms with Crippen molar-refractivity contribution >= 4 is 28.2 Å². The van der Waals surface area contributed by atoms with Crippen molar-refractivity contribution in [3.63, 3.8) is 0 Å². The summed E-state index contributed by atoms with van der Waals surface area (Å²) in [6.45, 7) is 8.57. The summed E-state index contributed by atoms with van der Waals surface area (Å²) in [6.07, 6.45) is 5.37. The molecule has 0 saturated carbocycles. The van der Waals surface area contributed by atoms with Gasteiger partial charge in [-0.15, -0.1) is 0 Å². The second kappa shape index (κ2) is 10.6. The van der Waals surface area contributed by atoms with Crippen molar-refractivity contribution in [2.24, 2.45) is 0 Å². The molecule has 2 aliphatic rings. The molecule has 0 spiro atoms. The molecule has 3 heterocycles. The minimum atomic E-state index is -0.215. The van der Waals surface area contributed by atoms with E-state index in [2.05, 4.69) is 26.9 Å². The van der Waals surface area contributed by atoms with E-state index >= 15 is 0 Å². The number of hydrogen-bond donors (Lipinski definition) is 1. The van der Waals surface area contributed by atoms with E-state index in [0.29, 0.717) is 18.2 Å². The Morgan fingerprint density at radius 1 is 0.971 bits per heavy atom. The molecule has 6 nitrogen and oxygen atoms in total. The quantitative estimate of drug-likeness (QED) is 0.552. The molecule has 0 unspecified atom stereocenters. The molecule has 0 aliphatic carbocycles. The number of amides is 1. The van der Waals surface area contributed by atoms with Gasteiger partial charge in [-0.1, -0.05) is 6.07 Å². The maximum absolute atomic E-state index is 13.3. The Labute approximate surface area is 206 Å². The van der Waals surface area contributed by atoms with Gasteiger partial charge in [-0.3, -0.25) is 4.79 Å². The molecule has 1 amide bonds. The van der Waals surface area contributed by atoms with E-state index in [4.69, 9.17) is 4.98 Å². The molecule has 1 aromatic heterocycles. The zero-order chi connectivity index (χ0) is 24.2. The van der Waals surface area contributed by atoms with Crippen LogP contribution in [0, 0.1) is 5.82 Å². The first-order valence-corrected chi connectivity index (χ1v) is 12.7. The average Bonchev–Trinajstić information content (AvgIpc) is 3.44. The lowest BCUT2D eigenvalue weighted by Gasteiger charge is -2.37. The van der Waals surface area contributed by atoms with Crippen molar-refractivity contribution in [1.82, 2.24) is 15.2 Å². The van der Waals surface area contributed by atoms with Gasteiger partial charge in [0.1, 0.15) is 11.6 Å². The molecule has 2 aromatic carbocycles. The monoisotopic (exact) mass is 475 g/mol. The summed E-state index contributed by atoms with van der Waals surface area (Å²) in [5.74, 6) is 0.670. The van der Waals surface area contributed by atoms with Crippen LogP contribution in [0.15, 0.2) is 54.7 Å². The zero-order valence-electron chi connectivity index (χ0n) is 20.4. The van der Waals surface area contributed by atoms with Crippen molar-refractivity contribution in [1.29, 1.82) is 0 Å². The van der Waals surface area contributed by atoms with Gasteiger partial charge in [-0.2, -0.15) is 0 Å². The van der Waals surface area contributed by atoms with Crippen LogP contribution in [0.3, 0.4) is 0 Å². The molecule has 3 aromatic rings. The van der Waals surface area contributed by atoms with Gasteiger partial charge in [0.05, 0.1) is 0 Å². The van der Waals surface area contributed by atoms with Gasteiger partial charge >= 0.3 is 0 Å². The number of piperazine rings is 1. The Morgan fingerprint density at radius 2 is 1.69 bits per heavy atom. The normalized spacial score (nSPS) is 17.7. The van der Waals surface area contributed by atoms with Crippen LogP contribution < -0.4 is 15.1 Å². The van der Waals surface area contributed by atoms with Crippen LogP contribution >= 0.6 is 0 Å². The molecular formula is C28H34FN5O. The van der Waals surface area contributed by atoms with Crippen molar-refractivity contribution < 1.29 is 9.18 Å². The molecule has 2 saturated heterocycles. The Bertz CT molecular complexity index is 1150. The van der Waals surface area contributed by atoms with Crippen LogP contribution in [0.1, 0.15) is 36.5 Å². The molecule has 0 bridgehead atoms. The molecule has 1 N–H and O–H groups in total. The third-order valence-corrected chi connectivity index (χ3v) is 7.39. The van der Waals surface area contributed by atoms with E-state index in [1.807, 2.05) is 42.6 Å². The second-order valence-electron chi connectivity index (χ2n) is 9.66. The van der Waals surface area contributed by atoms with Gasteiger partial charge in [0, 0.05) is 61.6 Å². The highest BCUT2D eigenvalue weighted by atomic mass is 19.1. The molecule has 35 heavy (non-hydrogen) atoms. The summed E-state index contributed by atoms with van der Waals surface area (Å²) in [5, 5.41) is 5.19. The molecule has 1 atom stereocenters. The largest absolute Gasteiger partial charge is 0.368 e. The molecule has 184 valence electrons. The lowest BCUT2D eigenvalue weighted by molar-refractivity contribution is 0.0949. The highest BCUT2D eigenvalue weighted by Gasteiger charge is 2.21. The van der Waals surface area contributed by atoms with Gasteiger partial charge in [0.15, 0.2) is 0 Å². The molecule has 7 heteroatoms. The Morgan fingerprint density at radius 3 is 2.43 bits per heavy atom. The number of likely N-dealkylation sites (tertiary alicyclic amines) is 1. The highest BCUT2D eigenvalue weighted by molar-refractivity contribution is 6.01. The van der Waals surface area contributed by atoms with Gasteiger partial charge in [-0.05, 0) is 87.1 Å². The fraction of sp³-hybridized carbons (Fsp3) is 0.429. The first-order chi connectivity index (χ1) is 17.1. The summed E-state index contributed by atoms with van der Waals surface area (Å²) in [5.41, 5.74) is 1.71. The van der Waals surface area contributed by atoms with Crippen molar-refractivity contribution in [3.05, 3.63) is 66.1 Å². The van der Waals surface area contributed by atoms with E-state index in [-0.39, 0.29) is 11.7 Å². The lowest BCUT2D eigenvalue weighted by Crippen LogP contribution is -2.46. The number of anilines is 2. The van der Waals surface area contributed by atoms with Gasteiger partial charge in [0.25, 0.3) is 5.91 Å². The average molecular weight is 476 g/mol. The number of nitrogens with one attached hydrogen (secondary N) is 1. The maximum Gasteiger partial charge on any atom is 0.251 e. The maximum atomic E-state index is 13.3. The topological polar surface area (TPSA) is 51.7 Å². The number of carbonyl (C=O) groups is 1. The number of aromatic nitrogens is 1. The van der Waals surface area contributed by atoms with E-state index in [1.54, 1.807) is 0 Å². The van der Waals surface area contributed by atoms with E-state index in [1.165, 1.54) is 38.1 Å².